The summed E-state index contributed by atoms with van der Waals surface area (Å²) in [6.45, 7) is 3.88. The molecule has 1 aromatic rings. The maximum absolute atomic E-state index is 12.4. The van der Waals surface area contributed by atoms with Gasteiger partial charge in [-0.25, -0.2) is 4.98 Å². The molecular weight excluding hydrogens is 262 g/mol. The van der Waals surface area contributed by atoms with Crippen LogP contribution in [-0.4, -0.2) is 35.9 Å². The van der Waals surface area contributed by atoms with Crippen molar-refractivity contribution in [3.05, 3.63) is 22.8 Å². The third kappa shape index (κ3) is 3.18. The molecule has 5 heteroatoms. The summed E-state index contributed by atoms with van der Waals surface area (Å²) in [5, 5.41) is 3.37. The fourth-order valence-corrected chi connectivity index (χ4v) is 2.73. The Morgan fingerprint density at radius 1 is 1.53 bits per heavy atom. The second-order valence-corrected chi connectivity index (χ2v) is 5.36. The largest absolute Gasteiger partial charge is 0.372 e. The predicted octanol–water partition coefficient (Wildman–Crippen LogP) is 3.04. The lowest BCUT2D eigenvalue weighted by atomic mass is 9.94. The number of pyridine rings is 1. The quantitative estimate of drug-likeness (QED) is 0.926. The zero-order chi connectivity index (χ0) is 13.8. The number of carbonyl (C=O) groups is 1. The summed E-state index contributed by atoms with van der Waals surface area (Å²) < 4.78 is 0. The molecule has 4 nitrogen and oxygen atoms in total. The fraction of sp³-hybridized carbons (Fsp3) is 0.571. The van der Waals surface area contributed by atoms with Gasteiger partial charge >= 0.3 is 0 Å². The van der Waals surface area contributed by atoms with E-state index in [4.69, 9.17) is 11.6 Å². The van der Waals surface area contributed by atoms with E-state index < -0.39 is 0 Å². The van der Waals surface area contributed by atoms with Crippen molar-refractivity contribution >= 4 is 23.3 Å². The van der Waals surface area contributed by atoms with E-state index in [1.165, 1.54) is 6.42 Å². The molecule has 19 heavy (non-hydrogen) atoms. The average Bonchev–Trinajstić information content (AvgIpc) is 2.46. The highest BCUT2D eigenvalue weighted by molar-refractivity contribution is 6.33. The molecular formula is C14H20ClN3O. The van der Waals surface area contributed by atoms with Crippen LogP contribution in [0.1, 0.15) is 36.5 Å². The van der Waals surface area contributed by atoms with Crippen LogP contribution >= 0.6 is 11.6 Å². The van der Waals surface area contributed by atoms with E-state index in [1.807, 2.05) is 4.90 Å². The van der Waals surface area contributed by atoms with E-state index in [2.05, 4.69) is 17.2 Å². The monoisotopic (exact) mass is 281 g/mol. The summed E-state index contributed by atoms with van der Waals surface area (Å²) in [6.07, 6.45) is 4.98. The van der Waals surface area contributed by atoms with Gasteiger partial charge in [0.1, 0.15) is 5.82 Å². The summed E-state index contributed by atoms with van der Waals surface area (Å²) >= 11 is 6.06. The number of hydrogen-bond acceptors (Lipinski definition) is 3. The first-order valence-electron chi connectivity index (χ1n) is 6.78. The van der Waals surface area contributed by atoms with Crippen molar-refractivity contribution in [1.29, 1.82) is 0 Å². The van der Waals surface area contributed by atoms with Crippen molar-refractivity contribution in [2.75, 3.05) is 25.5 Å². The summed E-state index contributed by atoms with van der Waals surface area (Å²) in [4.78, 5) is 18.4. The fourth-order valence-electron chi connectivity index (χ4n) is 2.47. The summed E-state index contributed by atoms with van der Waals surface area (Å²) in [7, 11) is 1.76. The lowest BCUT2D eigenvalue weighted by Gasteiger charge is -2.31. The number of hydrogen-bond donors (Lipinski definition) is 1. The molecule has 2 rings (SSSR count). The Morgan fingerprint density at radius 2 is 2.21 bits per heavy atom. The lowest BCUT2D eigenvalue weighted by Crippen LogP contribution is -2.38. The molecule has 1 amide bonds. The first-order valence-corrected chi connectivity index (χ1v) is 7.16. The van der Waals surface area contributed by atoms with E-state index in [-0.39, 0.29) is 5.91 Å². The van der Waals surface area contributed by atoms with Crippen molar-refractivity contribution in [2.24, 2.45) is 5.92 Å². The molecule has 0 aromatic carbocycles. The Bertz CT molecular complexity index is 456. The van der Waals surface area contributed by atoms with E-state index in [1.54, 1.807) is 19.3 Å². The Labute approximate surface area is 119 Å². The van der Waals surface area contributed by atoms with Gasteiger partial charge in [0.05, 0.1) is 10.6 Å². The number of halogens is 1. The number of amides is 1. The second kappa shape index (κ2) is 6.24. The number of nitrogens with one attached hydrogen (secondary N) is 1. The maximum atomic E-state index is 12.4. The molecule has 0 saturated carbocycles. The number of anilines is 1. The van der Waals surface area contributed by atoms with E-state index in [0.717, 1.165) is 31.8 Å². The molecule has 0 unspecified atom stereocenters. The van der Waals surface area contributed by atoms with Crippen molar-refractivity contribution in [3.8, 4) is 0 Å². The molecule has 104 valence electrons. The highest BCUT2D eigenvalue weighted by Gasteiger charge is 2.23. The van der Waals surface area contributed by atoms with Crippen molar-refractivity contribution in [1.82, 2.24) is 9.88 Å². The number of carbonyl (C=O) groups excluding carboxylic acids is 1. The van der Waals surface area contributed by atoms with Gasteiger partial charge in [0, 0.05) is 26.3 Å². The smallest absolute Gasteiger partial charge is 0.255 e. The molecule has 0 spiro atoms. The average molecular weight is 282 g/mol. The van der Waals surface area contributed by atoms with Gasteiger partial charge in [-0.1, -0.05) is 24.9 Å². The van der Waals surface area contributed by atoms with Gasteiger partial charge in [-0.15, -0.1) is 0 Å². The van der Waals surface area contributed by atoms with E-state index in [0.29, 0.717) is 16.4 Å². The third-order valence-electron chi connectivity index (χ3n) is 3.80. The normalized spacial score (nSPS) is 16.5. The van der Waals surface area contributed by atoms with Crippen LogP contribution in [0.5, 0.6) is 0 Å². The number of rotatable bonds is 3. The number of nitrogens with zero attached hydrogens (tertiary/aromatic N) is 2. The minimum absolute atomic E-state index is 0.0339. The van der Waals surface area contributed by atoms with Crippen LogP contribution in [0.25, 0.3) is 0 Å². The number of likely N-dealkylation sites (tertiary alicyclic amines) is 1. The molecule has 0 aliphatic carbocycles. The van der Waals surface area contributed by atoms with Crippen LogP contribution in [0, 0.1) is 5.92 Å². The standard InChI is InChI=1S/C14H20ClN3O/c1-3-10-4-6-18(7-5-10)14(19)11-8-12(15)13(16-2)17-9-11/h8-10H,3-7H2,1-2H3,(H,16,17). The van der Waals surface area contributed by atoms with E-state index in [9.17, 15) is 4.79 Å². The Hall–Kier alpha value is -1.29. The first kappa shape index (κ1) is 14.1. The minimum atomic E-state index is 0.0339. The van der Waals surface area contributed by atoms with Crippen LogP contribution in [-0.2, 0) is 0 Å². The zero-order valence-corrected chi connectivity index (χ0v) is 12.2. The molecule has 1 aliphatic rings. The van der Waals surface area contributed by atoms with Gasteiger partial charge in [0.25, 0.3) is 5.91 Å². The third-order valence-corrected chi connectivity index (χ3v) is 4.09. The second-order valence-electron chi connectivity index (χ2n) is 4.95. The van der Waals surface area contributed by atoms with Gasteiger partial charge in [0.2, 0.25) is 0 Å². The van der Waals surface area contributed by atoms with Crippen molar-refractivity contribution < 1.29 is 4.79 Å². The molecule has 0 bridgehead atoms. The summed E-state index contributed by atoms with van der Waals surface area (Å²) in [5.41, 5.74) is 0.568. The van der Waals surface area contributed by atoms with Gasteiger partial charge in [-0.2, -0.15) is 0 Å². The minimum Gasteiger partial charge on any atom is -0.372 e. The van der Waals surface area contributed by atoms with Gasteiger partial charge in [0.15, 0.2) is 0 Å². The summed E-state index contributed by atoms with van der Waals surface area (Å²) in [6, 6.07) is 1.69. The summed E-state index contributed by atoms with van der Waals surface area (Å²) in [5.74, 6) is 1.40. The Balaban J connectivity index is 2.06. The van der Waals surface area contributed by atoms with Crippen LogP contribution in [0.4, 0.5) is 5.82 Å². The Kier molecular flexibility index (Phi) is 4.64. The van der Waals surface area contributed by atoms with Crippen LogP contribution < -0.4 is 5.32 Å². The zero-order valence-electron chi connectivity index (χ0n) is 11.4. The SMILES string of the molecule is CCC1CCN(C(=O)c2cnc(NC)c(Cl)c2)CC1. The van der Waals surface area contributed by atoms with Crippen molar-refractivity contribution in [3.63, 3.8) is 0 Å². The molecule has 1 fully saturated rings. The van der Waals surface area contributed by atoms with Crippen LogP contribution in [0.3, 0.4) is 0 Å². The van der Waals surface area contributed by atoms with Gasteiger partial charge < -0.3 is 10.2 Å². The molecule has 0 atom stereocenters. The van der Waals surface area contributed by atoms with Crippen LogP contribution in [0.2, 0.25) is 5.02 Å². The van der Waals surface area contributed by atoms with E-state index >= 15 is 0 Å². The Morgan fingerprint density at radius 3 is 2.74 bits per heavy atom. The van der Waals surface area contributed by atoms with Crippen molar-refractivity contribution in [2.45, 2.75) is 26.2 Å². The van der Waals surface area contributed by atoms with Crippen LogP contribution in [0.15, 0.2) is 12.3 Å². The first-order chi connectivity index (χ1) is 9.15. The highest BCUT2D eigenvalue weighted by Crippen LogP contribution is 2.23. The molecule has 2 heterocycles. The number of piperidine rings is 1. The predicted molar refractivity (Wildman–Crippen MR) is 77.7 cm³/mol. The molecule has 1 saturated heterocycles. The topological polar surface area (TPSA) is 45.2 Å². The molecule has 1 aromatic heterocycles. The highest BCUT2D eigenvalue weighted by atomic mass is 35.5. The molecule has 0 radical (unpaired) electrons. The van der Waals surface area contributed by atoms with Gasteiger partial charge in [-0.05, 0) is 24.8 Å². The lowest BCUT2D eigenvalue weighted by molar-refractivity contribution is 0.0688. The molecule has 1 N–H and O–H groups in total. The number of aromatic nitrogens is 1. The van der Waals surface area contributed by atoms with Gasteiger partial charge in [-0.3, -0.25) is 4.79 Å². The molecule has 1 aliphatic heterocycles. The maximum Gasteiger partial charge on any atom is 0.255 e.